The van der Waals surface area contributed by atoms with E-state index >= 15 is 0 Å². The summed E-state index contributed by atoms with van der Waals surface area (Å²) in [6.45, 7) is 4.22. The smallest absolute Gasteiger partial charge is 0.483 e. The molecule has 3 rings (SSSR count). The number of carbonyl (C=O) groups excluding carboxylic acids is 1. The molecule has 6 nitrogen and oxygen atoms in total. The zero-order valence-corrected chi connectivity index (χ0v) is 16.5. The third-order valence-corrected chi connectivity index (χ3v) is 5.56. The molecule has 1 aliphatic carbocycles. The summed E-state index contributed by atoms with van der Waals surface area (Å²) in [5.41, 5.74) is -0.705. The summed E-state index contributed by atoms with van der Waals surface area (Å²) in [5, 5.41) is 13.1. The van der Waals surface area contributed by atoms with E-state index in [1.807, 2.05) is 13.8 Å². The third kappa shape index (κ3) is 5.91. The van der Waals surface area contributed by atoms with Crippen LogP contribution in [0.25, 0.3) is 0 Å². The number of likely N-dealkylation sites (tertiary alicyclic amines) is 1. The molecule has 1 saturated carbocycles. The molecule has 2 amide bonds. The molecule has 0 unspecified atom stereocenters. The molecule has 2 aliphatic rings. The summed E-state index contributed by atoms with van der Waals surface area (Å²) >= 11 is 0. The molecule has 0 spiro atoms. The van der Waals surface area contributed by atoms with E-state index in [1.165, 1.54) is 18.2 Å². The van der Waals surface area contributed by atoms with Crippen molar-refractivity contribution in [3.05, 3.63) is 24.3 Å². The van der Waals surface area contributed by atoms with E-state index in [0.717, 1.165) is 25.7 Å². The second-order valence-electron chi connectivity index (χ2n) is 8.29. The molecule has 162 valence electrons. The van der Waals surface area contributed by atoms with Crippen LogP contribution in [-0.4, -0.2) is 53.2 Å². The van der Waals surface area contributed by atoms with Gasteiger partial charge in [-0.15, -0.1) is 13.2 Å². The van der Waals surface area contributed by atoms with Crippen molar-refractivity contribution in [3.8, 4) is 11.5 Å². The van der Waals surface area contributed by atoms with Gasteiger partial charge in [0, 0.05) is 6.04 Å². The number of aliphatic hydroxyl groups is 1. The highest BCUT2D eigenvalue weighted by atomic mass is 19.4. The Morgan fingerprint density at radius 3 is 2.24 bits per heavy atom. The quantitative estimate of drug-likeness (QED) is 0.768. The molecule has 0 bridgehead atoms. The fourth-order valence-corrected chi connectivity index (χ4v) is 3.82. The number of para-hydroxylation sites is 2. The van der Waals surface area contributed by atoms with Crippen LogP contribution in [0.2, 0.25) is 0 Å². The van der Waals surface area contributed by atoms with E-state index in [9.17, 15) is 23.1 Å². The standard InChI is InChI=1S/C20H27F3N2O4/c1-19(2,27)13-7-9-14(10-8-13)24-18(26)25-11-15(12-25)28-16-5-3-4-6-17(16)29-20(21,22)23/h3-6,13-15,27H,7-12H2,1-2H3,(H,24,26)/t13-,14-. The molecule has 1 heterocycles. The number of ether oxygens (including phenoxy) is 2. The molecule has 9 heteroatoms. The first-order valence-corrected chi connectivity index (χ1v) is 9.80. The number of nitrogens with zero attached hydrogens (tertiary/aromatic N) is 1. The molecular formula is C20H27F3N2O4. The number of halogens is 3. The Kier molecular flexibility index (Phi) is 6.16. The number of benzene rings is 1. The van der Waals surface area contributed by atoms with Crippen LogP contribution in [0.15, 0.2) is 24.3 Å². The Balaban J connectivity index is 1.43. The van der Waals surface area contributed by atoms with Crippen LogP contribution < -0.4 is 14.8 Å². The van der Waals surface area contributed by atoms with Crippen LogP contribution in [0.3, 0.4) is 0 Å². The first-order chi connectivity index (χ1) is 13.5. The number of nitrogens with one attached hydrogen (secondary N) is 1. The Morgan fingerprint density at radius 1 is 1.10 bits per heavy atom. The topological polar surface area (TPSA) is 71.0 Å². The van der Waals surface area contributed by atoms with Crippen LogP contribution in [0.5, 0.6) is 11.5 Å². The maximum atomic E-state index is 12.5. The minimum absolute atomic E-state index is 0.000163. The molecule has 1 aromatic carbocycles. The monoisotopic (exact) mass is 416 g/mol. The van der Waals surface area contributed by atoms with Crippen LogP contribution in [0.1, 0.15) is 39.5 Å². The lowest BCUT2D eigenvalue weighted by Crippen LogP contribution is -2.60. The molecule has 0 atom stereocenters. The lowest BCUT2D eigenvalue weighted by atomic mass is 9.77. The number of carbonyl (C=O) groups is 1. The lowest BCUT2D eigenvalue weighted by Gasteiger charge is -2.41. The zero-order valence-electron chi connectivity index (χ0n) is 16.5. The number of rotatable bonds is 5. The first-order valence-electron chi connectivity index (χ1n) is 9.80. The van der Waals surface area contributed by atoms with Gasteiger partial charge in [-0.3, -0.25) is 0 Å². The van der Waals surface area contributed by atoms with Gasteiger partial charge in [0.2, 0.25) is 0 Å². The summed E-state index contributed by atoms with van der Waals surface area (Å²) in [6, 6.07) is 5.46. The predicted molar refractivity (Wildman–Crippen MR) is 99.7 cm³/mol. The molecule has 29 heavy (non-hydrogen) atoms. The average molecular weight is 416 g/mol. The van der Waals surface area contributed by atoms with Gasteiger partial charge in [-0.1, -0.05) is 12.1 Å². The van der Waals surface area contributed by atoms with Gasteiger partial charge in [-0.25, -0.2) is 4.79 Å². The van der Waals surface area contributed by atoms with Gasteiger partial charge >= 0.3 is 12.4 Å². The minimum Gasteiger partial charge on any atom is -0.483 e. The molecule has 1 aliphatic heterocycles. The van der Waals surface area contributed by atoms with Gasteiger partial charge in [0.05, 0.1) is 18.7 Å². The summed E-state index contributed by atoms with van der Waals surface area (Å²) in [5.74, 6) is -0.164. The highest BCUT2D eigenvalue weighted by Gasteiger charge is 2.37. The van der Waals surface area contributed by atoms with Crippen molar-refractivity contribution < 1.29 is 32.5 Å². The summed E-state index contributed by atoms with van der Waals surface area (Å²) in [4.78, 5) is 13.9. The van der Waals surface area contributed by atoms with Gasteiger partial charge in [-0.2, -0.15) is 0 Å². The minimum atomic E-state index is -4.80. The fraction of sp³-hybridized carbons (Fsp3) is 0.650. The largest absolute Gasteiger partial charge is 0.573 e. The predicted octanol–water partition coefficient (Wildman–Crippen LogP) is 3.69. The first kappa shape index (κ1) is 21.5. The average Bonchev–Trinajstić information content (AvgIpc) is 2.57. The van der Waals surface area contributed by atoms with Gasteiger partial charge < -0.3 is 24.8 Å². The molecule has 2 N–H and O–H groups in total. The Bertz CT molecular complexity index is 706. The van der Waals surface area contributed by atoms with Crippen molar-refractivity contribution >= 4 is 6.03 Å². The van der Waals surface area contributed by atoms with E-state index < -0.39 is 17.7 Å². The van der Waals surface area contributed by atoms with Crippen LogP contribution >= 0.6 is 0 Å². The molecule has 1 saturated heterocycles. The van der Waals surface area contributed by atoms with Crippen LogP contribution in [0.4, 0.5) is 18.0 Å². The fourth-order valence-electron chi connectivity index (χ4n) is 3.82. The van der Waals surface area contributed by atoms with Crippen LogP contribution in [0, 0.1) is 5.92 Å². The summed E-state index contributed by atoms with van der Waals surface area (Å²) < 4.78 is 47.0. The second-order valence-corrected chi connectivity index (χ2v) is 8.29. The SMILES string of the molecule is CC(C)(O)[C@H]1CC[C@H](NC(=O)N2CC(Oc3ccccc3OC(F)(F)F)C2)CC1. The molecule has 2 fully saturated rings. The molecule has 1 aromatic rings. The normalized spacial score (nSPS) is 23.3. The van der Waals surface area contributed by atoms with Crippen LogP contribution in [-0.2, 0) is 0 Å². The summed E-state index contributed by atoms with van der Waals surface area (Å²) in [6.07, 6.45) is -1.83. The number of amides is 2. The van der Waals surface area contributed by atoms with Gasteiger partial charge in [0.25, 0.3) is 0 Å². The van der Waals surface area contributed by atoms with Crippen molar-refractivity contribution in [2.75, 3.05) is 13.1 Å². The van der Waals surface area contributed by atoms with Crippen molar-refractivity contribution in [1.29, 1.82) is 0 Å². The highest BCUT2D eigenvalue weighted by molar-refractivity contribution is 5.75. The summed E-state index contributed by atoms with van der Waals surface area (Å²) in [7, 11) is 0. The number of alkyl halides is 3. The Labute approximate surface area is 168 Å². The van der Waals surface area contributed by atoms with Gasteiger partial charge in [0.1, 0.15) is 6.10 Å². The molecule has 0 radical (unpaired) electrons. The van der Waals surface area contributed by atoms with Gasteiger partial charge in [-0.05, 0) is 57.6 Å². The maximum absolute atomic E-state index is 12.5. The van der Waals surface area contributed by atoms with E-state index in [1.54, 1.807) is 11.0 Å². The van der Waals surface area contributed by atoms with Gasteiger partial charge in [0.15, 0.2) is 11.5 Å². The van der Waals surface area contributed by atoms with Crippen molar-refractivity contribution in [1.82, 2.24) is 10.2 Å². The second kappa shape index (κ2) is 8.30. The Morgan fingerprint density at radius 2 is 1.69 bits per heavy atom. The maximum Gasteiger partial charge on any atom is 0.573 e. The van der Waals surface area contributed by atoms with Crippen molar-refractivity contribution in [2.24, 2.45) is 5.92 Å². The number of hydrogen-bond donors (Lipinski definition) is 2. The van der Waals surface area contributed by atoms with E-state index in [4.69, 9.17) is 4.74 Å². The van der Waals surface area contributed by atoms with E-state index in [0.29, 0.717) is 13.1 Å². The Hall–Kier alpha value is -2.16. The third-order valence-electron chi connectivity index (χ3n) is 5.56. The zero-order chi connectivity index (χ0) is 21.2. The highest BCUT2D eigenvalue weighted by Crippen LogP contribution is 2.34. The van der Waals surface area contributed by atoms with E-state index in [-0.39, 0.29) is 29.8 Å². The van der Waals surface area contributed by atoms with Crippen molar-refractivity contribution in [3.63, 3.8) is 0 Å². The number of hydrogen-bond acceptors (Lipinski definition) is 4. The molecular weight excluding hydrogens is 389 g/mol. The number of urea groups is 1. The molecule has 0 aromatic heterocycles. The van der Waals surface area contributed by atoms with E-state index in [2.05, 4.69) is 10.1 Å². The lowest BCUT2D eigenvalue weighted by molar-refractivity contribution is -0.275. The van der Waals surface area contributed by atoms with Crippen molar-refractivity contribution in [2.45, 2.75) is 63.6 Å².